The first kappa shape index (κ1) is 14.4. The van der Waals surface area contributed by atoms with Crippen LogP contribution in [0.4, 0.5) is 5.69 Å². The molecular formula is C17H28N2. The standard InChI is InChI=1S/C17H28N2/c1-15(2)16-8-7-9-17(14-16)18(3)12-13-19-10-5-4-6-11-19/h7-9,14-15H,4-6,10-13H2,1-3H3. The molecule has 1 saturated heterocycles. The van der Waals surface area contributed by atoms with Crippen LogP contribution in [-0.4, -0.2) is 38.1 Å². The Morgan fingerprint density at radius 2 is 1.89 bits per heavy atom. The van der Waals surface area contributed by atoms with Gasteiger partial charge >= 0.3 is 0 Å². The first-order valence-corrected chi connectivity index (χ1v) is 7.70. The van der Waals surface area contributed by atoms with Gasteiger partial charge in [-0.25, -0.2) is 0 Å². The van der Waals surface area contributed by atoms with E-state index >= 15 is 0 Å². The highest BCUT2D eigenvalue weighted by Gasteiger charge is 2.11. The molecule has 0 aliphatic carbocycles. The number of nitrogens with zero attached hydrogens (tertiary/aromatic N) is 2. The molecule has 0 bridgehead atoms. The molecule has 1 aliphatic rings. The number of hydrogen-bond donors (Lipinski definition) is 0. The zero-order valence-corrected chi connectivity index (χ0v) is 12.7. The Morgan fingerprint density at radius 1 is 1.16 bits per heavy atom. The smallest absolute Gasteiger partial charge is 0.0366 e. The first-order chi connectivity index (χ1) is 9.16. The fourth-order valence-corrected chi connectivity index (χ4v) is 2.72. The summed E-state index contributed by atoms with van der Waals surface area (Å²) >= 11 is 0. The van der Waals surface area contributed by atoms with Gasteiger partial charge in [-0.15, -0.1) is 0 Å². The lowest BCUT2D eigenvalue weighted by Gasteiger charge is -2.29. The summed E-state index contributed by atoms with van der Waals surface area (Å²) in [6.45, 7) is 9.42. The van der Waals surface area contributed by atoms with E-state index in [9.17, 15) is 0 Å². The average molecular weight is 260 g/mol. The average Bonchev–Trinajstić information content (AvgIpc) is 2.46. The van der Waals surface area contributed by atoms with Crippen LogP contribution in [0.1, 0.15) is 44.6 Å². The van der Waals surface area contributed by atoms with Gasteiger partial charge in [0.05, 0.1) is 0 Å². The van der Waals surface area contributed by atoms with E-state index in [1.807, 2.05) is 0 Å². The van der Waals surface area contributed by atoms with Crippen LogP contribution < -0.4 is 4.90 Å². The van der Waals surface area contributed by atoms with Crippen molar-refractivity contribution >= 4 is 5.69 Å². The molecule has 19 heavy (non-hydrogen) atoms. The fourth-order valence-electron chi connectivity index (χ4n) is 2.72. The van der Waals surface area contributed by atoms with Crippen molar-refractivity contribution in [3.63, 3.8) is 0 Å². The van der Waals surface area contributed by atoms with Crippen molar-refractivity contribution in [1.82, 2.24) is 4.90 Å². The maximum atomic E-state index is 2.60. The number of benzene rings is 1. The number of rotatable bonds is 5. The fraction of sp³-hybridized carbons (Fsp3) is 0.647. The lowest BCUT2D eigenvalue weighted by Crippen LogP contribution is -2.36. The lowest BCUT2D eigenvalue weighted by molar-refractivity contribution is 0.234. The van der Waals surface area contributed by atoms with Gasteiger partial charge in [-0.05, 0) is 49.5 Å². The quantitative estimate of drug-likeness (QED) is 0.796. The molecule has 0 unspecified atom stereocenters. The maximum absolute atomic E-state index is 2.60. The zero-order chi connectivity index (χ0) is 13.7. The van der Waals surface area contributed by atoms with Crippen LogP contribution in [0.5, 0.6) is 0 Å². The van der Waals surface area contributed by atoms with Crippen molar-refractivity contribution in [2.45, 2.75) is 39.0 Å². The second-order valence-corrected chi connectivity index (χ2v) is 6.07. The summed E-state index contributed by atoms with van der Waals surface area (Å²) in [6.07, 6.45) is 4.18. The summed E-state index contributed by atoms with van der Waals surface area (Å²) in [5, 5.41) is 0. The third-order valence-corrected chi connectivity index (χ3v) is 4.18. The number of likely N-dealkylation sites (N-methyl/N-ethyl adjacent to an activating group) is 1. The minimum Gasteiger partial charge on any atom is -0.373 e. The molecule has 2 heteroatoms. The van der Waals surface area contributed by atoms with Gasteiger partial charge in [-0.2, -0.15) is 0 Å². The molecule has 0 amide bonds. The van der Waals surface area contributed by atoms with E-state index in [0.717, 1.165) is 6.54 Å². The number of anilines is 1. The van der Waals surface area contributed by atoms with E-state index < -0.39 is 0 Å². The maximum Gasteiger partial charge on any atom is 0.0366 e. The third kappa shape index (κ3) is 4.24. The van der Waals surface area contributed by atoms with Crippen molar-refractivity contribution < 1.29 is 0 Å². The Bertz CT molecular complexity index is 381. The van der Waals surface area contributed by atoms with Gasteiger partial charge in [-0.1, -0.05) is 32.4 Å². The Hall–Kier alpha value is -1.02. The minimum atomic E-state index is 0.607. The molecule has 1 fully saturated rings. The van der Waals surface area contributed by atoms with E-state index in [2.05, 4.69) is 55.0 Å². The Balaban J connectivity index is 1.88. The highest BCUT2D eigenvalue weighted by atomic mass is 15.2. The summed E-state index contributed by atoms with van der Waals surface area (Å²) in [5.41, 5.74) is 2.78. The number of hydrogen-bond acceptors (Lipinski definition) is 2. The van der Waals surface area contributed by atoms with Crippen LogP contribution in [0.2, 0.25) is 0 Å². The second-order valence-electron chi connectivity index (χ2n) is 6.07. The molecule has 0 radical (unpaired) electrons. The summed E-state index contributed by atoms with van der Waals surface area (Å²) in [5.74, 6) is 0.607. The summed E-state index contributed by atoms with van der Waals surface area (Å²) < 4.78 is 0. The Morgan fingerprint density at radius 3 is 2.58 bits per heavy atom. The molecule has 0 atom stereocenters. The topological polar surface area (TPSA) is 6.48 Å². The summed E-state index contributed by atoms with van der Waals surface area (Å²) in [6, 6.07) is 8.97. The number of likely N-dealkylation sites (tertiary alicyclic amines) is 1. The van der Waals surface area contributed by atoms with Gasteiger partial charge in [0.15, 0.2) is 0 Å². The van der Waals surface area contributed by atoms with Crippen molar-refractivity contribution in [3.8, 4) is 0 Å². The van der Waals surface area contributed by atoms with Gasteiger partial charge in [-0.3, -0.25) is 0 Å². The van der Waals surface area contributed by atoms with Gasteiger partial charge in [0, 0.05) is 25.8 Å². The van der Waals surface area contributed by atoms with Crippen LogP contribution in [-0.2, 0) is 0 Å². The van der Waals surface area contributed by atoms with Crippen molar-refractivity contribution in [3.05, 3.63) is 29.8 Å². The first-order valence-electron chi connectivity index (χ1n) is 7.70. The SMILES string of the molecule is CC(C)c1cccc(N(C)CCN2CCCCC2)c1. The molecule has 2 nitrogen and oxygen atoms in total. The molecule has 1 aromatic rings. The van der Waals surface area contributed by atoms with Crippen molar-refractivity contribution in [2.75, 3.05) is 38.1 Å². The monoisotopic (exact) mass is 260 g/mol. The molecule has 0 N–H and O–H groups in total. The number of piperidine rings is 1. The van der Waals surface area contributed by atoms with Crippen LogP contribution in [0.25, 0.3) is 0 Å². The van der Waals surface area contributed by atoms with Crippen molar-refractivity contribution in [2.24, 2.45) is 0 Å². The molecule has 0 aromatic heterocycles. The van der Waals surface area contributed by atoms with Gasteiger partial charge < -0.3 is 9.80 Å². The Kier molecular flexibility index (Phi) is 5.26. The predicted molar refractivity (Wildman–Crippen MR) is 84.1 cm³/mol. The van der Waals surface area contributed by atoms with Crippen LogP contribution in [0.15, 0.2) is 24.3 Å². The van der Waals surface area contributed by atoms with Gasteiger partial charge in [0.1, 0.15) is 0 Å². The van der Waals surface area contributed by atoms with E-state index in [1.165, 1.54) is 50.1 Å². The van der Waals surface area contributed by atoms with Crippen LogP contribution >= 0.6 is 0 Å². The molecule has 106 valence electrons. The highest BCUT2D eigenvalue weighted by molar-refractivity contribution is 5.48. The summed E-state index contributed by atoms with van der Waals surface area (Å²) in [4.78, 5) is 4.99. The summed E-state index contributed by atoms with van der Waals surface area (Å²) in [7, 11) is 2.21. The van der Waals surface area contributed by atoms with Crippen molar-refractivity contribution in [1.29, 1.82) is 0 Å². The zero-order valence-electron chi connectivity index (χ0n) is 12.7. The largest absolute Gasteiger partial charge is 0.373 e. The van der Waals surface area contributed by atoms with E-state index in [0.29, 0.717) is 5.92 Å². The van der Waals surface area contributed by atoms with E-state index in [1.54, 1.807) is 0 Å². The molecule has 1 heterocycles. The minimum absolute atomic E-state index is 0.607. The molecule has 2 rings (SSSR count). The van der Waals surface area contributed by atoms with Gasteiger partial charge in [0.25, 0.3) is 0 Å². The van der Waals surface area contributed by atoms with Crippen LogP contribution in [0, 0.1) is 0 Å². The molecule has 1 aliphatic heterocycles. The molecular weight excluding hydrogens is 232 g/mol. The van der Waals surface area contributed by atoms with E-state index in [4.69, 9.17) is 0 Å². The van der Waals surface area contributed by atoms with Crippen LogP contribution in [0.3, 0.4) is 0 Å². The molecule has 0 saturated carbocycles. The second kappa shape index (κ2) is 6.95. The third-order valence-electron chi connectivity index (χ3n) is 4.18. The Labute approximate surface area is 118 Å². The van der Waals surface area contributed by atoms with E-state index in [-0.39, 0.29) is 0 Å². The highest BCUT2D eigenvalue weighted by Crippen LogP contribution is 2.20. The normalized spacial score (nSPS) is 16.8. The predicted octanol–water partition coefficient (Wildman–Crippen LogP) is 3.73. The lowest BCUT2D eigenvalue weighted by atomic mass is 10.0. The molecule has 0 spiro atoms. The van der Waals surface area contributed by atoms with Gasteiger partial charge in [0.2, 0.25) is 0 Å². The molecule has 1 aromatic carbocycles.